The van der Waals surface area contributed by atoms with E-state index in [-0.39, 0.29) is 15.5 Å². The fourth-order valence-corrected chi connectivity index (χ4v) is 5.62. The first-order valence-electron chi connectivity index (χ1n) is 8.96. The van der Waals surface area contributed by atoms with E-state index in [0.29, 0.717) is 18.7 Å². The van der Waals surface area contributed by atoms with Crippen LogP contribution in [-0.4, -0.2) is 34.2 Å². The maximum atomic E-state index is 12.8. The predicted octanol–water partition coefficient (Wildman–Crippen LogP) is 2.92. The molecule has 9 heteroatoms. The summed E-state index contributed by atoms with van der Waals surface area (Å²) in [5, 5.41) is 8.80. The van der Waals surface area contributed by atoms with Crippen LogP contribution in [0.2, 0.25) is 0 Å². The molecular formula is C19H21N3O4S2. The topological polar surface area (TPSA) is 107 Å². The summed E-state index contributed by atoms with van der Waals surface area (Å²) in [6.07, 6.45) is 3.76. The van der Waals surface area contributed by atoms with Crippen LogP contribution in [0.1, 0.15) is 31.2 Å². The third kappa shape index (κ3) is 4.52. The number of anilines is 1. The lowest BCUT2D eigenvalue weighted by molar-refractivity contribution is 0.424. The Hall–Kier alpha value is -2.41. The van der Waals surface area contributed by atoms with Gasteiger partial charge < -0.3 is 0 Å². The van der Waals surface area contributed by atoms with Gasteiger partial charge in [0.1, 0.15) is 0 Å². The number of hydrogen-bond acceptors (Lipinski definition) is 5. The van der Waals surface area contributed by atoms with Gasteiger partial charge in [-0.05, 0) is 61.4 Å². The molecule has 0 unspecified atom stereocenters. The number of nitrogens with one attached hydrogen (secondary N) is 1. The average molecular weight is 420 g/mol. The van der Waals surface area contributed by atoms with Crippen LogP contribution < -0.4 is 4.72 Å². The Labute approximate surface area is 165 Å². The van der Waals surface area contributed by atoms with Crippen molar-refractivity contribution in [2.45, 2.75) is 35.5 Å². The summed E-state index contributed by atoms with van der Waals surface area (Å²) >= 11 is 0. The van der Waals surface area contributed by atoms with Gasteiger partial charge in [0.05, 0.1) is 21.4 Å². The number of nitriles is 1. The third-order valence-electron chi connectivity index (χ3n) is 4.60. The van der Waals surface area contributed by atoms with Gasteiger partial charge in [0.15, 0.2) is 0 Å². The average Bonchev–Trinajstić information content (AvgIpc) is 2.98. The van der Waals surface area contributed by atoms with Crippen molar-refractivity contribution in [1.82, 2.24) is 4.31 Å². The van der Waals surface area contributed by atoms with Crippen molar-refractivity contribution in [3.05, 3.63) is 54.1 Å². The molecule has 0 aromatic heterocycles. The van der Waals surface area contributed by atoms with Crippen LogP contribution in [0.5, 0.6) is 0 Å². The van der Waals surface area contributed by atoms with E-state index >= 15 is 0 Å². The number of sulfonamides is 2. The number of hydrogen-bond donors (Lipinski definition) is 1. The van der Waals surface area contributed by atoms with E-state index in [1.807, 2.05) is 6.07 Å². The minimum absolute atomic E-state index is 0.0211. The Morgan fingerprint density at radius 1 is 0.786 bits per heavy atom. The second kappa shape index (κ2) is 8.31. The largest absolute Gasteiger partial charge is 0.280 e. The zero-order chi connectivity index (χ0) is 20.2. The Bertz CT molecular complexity index is 1060. The van der Waals surface area contributed by atoms with Gasteiger partial charge in [0.2, 0.25) is 10.0 Å². The molecule has 7 nitrogen and oxygen atoms in total. The molecule has 0 saturated carbocycles. The summed E-state index contributed by atoms with van der Waals surface area (Å²) in [4.78, 5) is 0.170. The molecule has 3 rings (SSSR count). The monoisotopic (exact) mass is 419 g/mol. The van der Waals surface area contributed by atoms with Gasteiger partial charge in [-0.3, -0.25) is 4.72 Å². The molecule has 1 saturated heterocycles. The van der Waals surface area contributed by atoms with Crippen molar-refractivity contribution in [3.8, 4) is 6.07 Å². The Kier molecular flexibility index (Phi) is 6.03. The predicted molar refractivity (Wildman–Crippen MR) is 106 cm³/mol. The van der Waals surface area contributed by atoms with Crippen molar-refractivity contribution in [3.63, 3.8) is 0 Å². The van der Waals surface area contributed by atoms with E-state index in [9.17, 15) is 16.8 Å². The minimum Gasteiger partial charge on any atom is -0.280 e. The smallest absolute Gasteiger partial charge is 0.261 e. The van der Waals surface area contributed by atoms with Gasteiger partial charge in [0, 0.05) is 18.8 Å². The van der Waals surface area contributed by atoms with Crippen LogP contribution >= 0.6 is 0 Å². The van der Waals surface area contributed by atoms with E-state index in [2.05, 4.69) is 4.72 Å². The first-order valence-corrected chi connectivity index (χ1v) is 11.9. The van der Waals surface area contributed by atoms with Crippen LogP contribution in [-0.2, 0) is 20.0 Å². The third-order valence-corrected chi connectivity index (χ3v) is 7.91. The second-order valence-electron chi connectivity index (χ2n) is 6.58. The SMILES string of the molecule is N#Cc1ccc(S(=O)(=O)Nc2ccc(S(=O)(=O)N3CCCCCC3)cc2)cc1. The number of rotatable bonds is 5. The van der Waals surface area contributed by atoms with E-state index in [1.165, 1.54) is 52.8 Å². The molecule has 28 heavy (non-hydrogen) atoms. The van der Waals surface area contributed by atoms with Crippen LogP contribution in [0.4, 0.5) is 5.69 Å². The van der Waals surface area contributed by atoms with Gasteiger partial charge in [-0.2, -0.15) is 9.57 Å². The molecule has 0 amide bonds. The first-order chi connectivity index (χ1) is 13.3. The van der Waals surface area contributed by atoms with Crippen molar-refractivity contribution >= 4 is 25.7 Å². The fourth-order valence-electron chi connectivity index (χ4n) is 3.05. The van der Waals surface area contributed by atoms with Crippen molar-refractivity contribution < 1.29 is 16.8 Å². The standard InChI is InChI=1S/C19H21N3O4S2/c20-15-16-5-9-18(10-6-16)27(23,24)21-17-7-11-19(12-8-17)28(25,26)22-13-3-1-2-4-14-22/h5-12,21H,1-4,13-14H2. The molecule has 148 valence electrons. The summed E-state index contributed by atoms with van der Waals surface area (Å²) in [6.45, 7) is 1.02. The summed E-state index contributed by atoms with van der Waals surface area (Å²) < 4.78 is 54.4. The first kappa shape index (κ1) is 20.3. The molecule has 1 N–H and O–H groups in total. The highest BCUT2D eigenvalue weighted by Crippen LogP contribution is 2.23. The molecule has 1 heterocycles. The lowest BCUT2D eigenvalue weighted by atomic mass is 10.2. The van der Waals surface area contributed by atoms with Gasteiger partial charge in [-0.25, -0.2) is 16.8 Å². The molecule has 0 atom stereocenters. The van der Waals surface area contributed by atoms with E-state index in [1.54, 1.807) is 0 Å². The normalized spacial score (nSPS) is 16.1. The molecule has 1 aliphatic heterocycles. The van der Waals surface area contributed by atoms with Gasteiger partial charge in [-0.1, -0.05) is 12.8 Å². The Morgan fingerprint density at radius 2 is 1.32 bits per heavy atom. The van der Waals surface area contributed by atoms with Crippen LogP contribution in [0.3, 0.4) is 0 Å². The number of nitrogens with zero attached hydrogens (tertiary/aromatic N) is 2. The number of benzene rings is 2. The summed E-state index contributed by atoms with van der Waals surface area (Å²) in [5.74, 6) is 0. The Morgan fingerprint density at radius 3 is 1.86 bits per heavy atom. The van der Waals surface area contributed by atoms with Crippen LogP contribution in [0.15, 0.2) is 58.3 Å². The molecular weight excluding hydrogens is 398 g/mol. The van der Waals surface area contributed by atoms with E-state index in [4.69, 9.17) is 5.26 Å². The fraction of sp³-hybridized carbons (Fsp3) is 0.316. The van der Waals surface area contributed by atoms with E-state index in [0.717, 1.165) is 25.7 Å². The van der Waals surface area contributed by atoms with Crippen LogP contribution in [0, 0.1) is 11.3 Å². The van der Waals surface area contributed by atoms with Gasteiger partial charge in [-0.15, -0.1) is 0 Å². The summed E-state index contributed by atoms with van der Waals surface area (Å²) in [6, 6.07) is 13.2. The molecule has 1 fully saturated rings. The minimum atomic E-state index is -3.83. The molecule has 0 spiro atoms. The Balaban J connectivity index is 1.77. The maximum Gasteiger partial charge on any atom is 0.261 e. The summed E-state index contributed by atoms with van der Waals surface area (Å²) in [7, 11) is -7.41. The molecule has 0 radical (unpaired) electrons. The second-order valence-corrected chi connectivity index (χ2v) is 10.2. The highest BCUT2D eigenvalue weighted by Gasteiger charge is 2.25. The van der Waals surface area contributed by atoms with Crippen molar-refractivity contribution in [2.24, 2.45) is 0 Å². The maximum absolute atomic E-state index is 12.8. The highest BCUT2D eigenvalue weighted by molar-refractivity contribution is 7.92. The molecule has 2 aromatic rings. The van der Waals surface area contributed by atoms with Gasteiger partial charge in [0.25, 0.3) is 10.0 Å². The lowest BCUT2D eigenvalue weighted by Crippen LogP contribution is -2.31. The molecule has 1 aliphatic rings. The zero-order valence-electron chi connectivity index (χ0n) is 15.2. The van der Waals surface area contributed by atoms with Gasteiger partial charge >= 0.3 is 0 Å². The zero-order valence-corrected chi connectivity index (χ0v) is 16.8. The van der Waals surface area contributed by atoms with Crippen LogP contribution in [0.25, 0.3) is 0 Å². The molecule has 2 aromatic carbocycles. The molecule has 0 aliphatic carbocycles. The lowest BCUT2D eigenvalue weighted by Gasteiger charge is -2.20. The van der Waals surface area contributed by atoms with Crippen molar-refractivity contribution in [1.29, 1.82) is 5.26 Å². The molecule has 0 bridgehead atoms. The quantitative estimate of drug-likeness (QED) is 0.802. The summed E-state index contributed by atoms with van der Waals surface area (Å²) in [5.41, 5.74) is 0.626. The highest BCUT2D eigenvalue weighted by atomic mass is 32.2. The van der Waals surface area contributed by atoms with Crippen molar-refractivity contribution in [2.75, 3.05) is 17.8 Å². The van der Waals surface area contributed by atoms with E-state index < -0.39 is 20.0 Å².